The Morgan fingerprint density at radius 3 is 2.50 bits per heavy atom. The number of hydrogen-bond donors (Lipinski definition) is 0. The molecule has 2 aromatic carbocycles. The largest absolute Gasteiger partial charge is 0.0984 e. The topological polar surface area (TPSA) is 0 Å². The van der Waals surface area contributed by atoms with E-state index in [1.54, 1.807) is 5.56 Å². The van der Waals surface area contributed by atoms with Gasteiger partial charge in [0.25, 0.3) is 0 Å². The number of benzene rings is 2. The Hall–Kier alpha value is -1.56. The van der Waals surface area contributed by atoms with E-state index < -0.39 is 0 Å². The lowest BCUT2D eigenvalue weighted by molar-refractivity contribution is 0.851. The first-order chi connectivity index (χ1) is 6.90. The highest BCUT2D eigenvalue weighted by Crippen LogP contribution is 2.33. The minimum Gasteiger partial charge on any atom is -0.0984 e. The second kappa shape index (κ2) is 2.71. The second-order valence-electron chi connectivity index (χ2n) is 3.85. The summed E-state index contributed by atoms with van der Waals surface area (Å²) in [6.07, 6.45) is 4.44. The maximum absolute atomic E-state index is 3.88. The first-order valence-electron chi connectivity index (χ1n) is 5.06. The fourth-order valence-corrected chi connectivity index (χ4v) is 2.29. The van der Waals surface area contributed by atoms with E-state index in [1.165, 1.54) is 34.7 Å². The normalized spacial score (nSPS) is 13.4. The van der Waals surface area contributed by atoms with Crippen molar-refractivity contribution in [3.63, 3.8) is 0 Å². The Morgan fingerprint density at radius 2 is 1.86 bits per heavy atom. The average Bonchev–Trinajstić information content (AvgIpc) is 2.18. The molecule has 0 N–H and O–H groups in total. The molecular formula is C14H12. The zero-order valence-electron chi connectivity index (χ0n) is 8.09. The third-order valence-electron chi connectivity index (χ3n) is 3.14. The van der Waals surface area contributed by atoms with Crippen LogP contribution in [-0.4, -0.2) is 0 Å². The molecule has 0 nitrogen and oxygen atoms in total. The van der Waals surface area contributed by atoms with E-state index >= 15 is 0 Å². The van der Waals surface area contributed by atoms with Crippen LogP contribution in [-0.2, 0) is 12.8 Å². The van der Waals surface area contributed by atoms with Crippen LogP contribution in [0.2, 0.25) is 0 Å². The molecule has 0 heterocycles. The Bertz CT molecular complexity index is 521. The van der Waals surface area contributed by atoms with Crippen molar-refractivity contribution in [1.82, 2.24) is 0 Å². The Labute approximate surface area is 83.9 Å². The van der Waals surface area contributed by atoms with Gasteiger partial charge in [-0.2, -0.15) is 0 Å². The van der Waals surface area contributed by atoms with Gasteiger partial charge in [-0.25, -0.2) is 0 Å². The summed E-state index contributed by atoms with van der Waals surface area (Å²) in [7, 11) is 0. The lowest BCUT2D eigenvalue weighted by atomic mass is 9.82. The SMILES string of the molecule is C=Cc1cc2c(c3ccccc13)CC2. The molecule has 3 rings (SSSR count). The number of aryl methyl sites for hydroxylation is 2. The van der Waals surface area contributed by atoms with Crippen LogP contribution in [0.1, 0.15) is 16.7 Å². The van der Waals surface area contributed by atoms with E-state index in [2.05, 4.69) is 36.9 Å². The van der Waals surface area contributed by atoms with E-state index in [0.717, 1.165) is 0 Å². The van der Waals surface area contributed by atoms with Gasteiger partial charge in [0.15, 0.2) is 0 Å². The molecule has 68 valence electrons. The van der Waals surface area contributed by atoms with Crippen molar-refractivity contribution >= 4 is 16.8 Å². The molecule has 1 aliphatic rings. The van der Waals surface area contributed by atoms with Crippen LogP contribution in [0.3, 0.4) is 0 Å². The molecule has 14 heavy (non-hydrogen) atoms. The molecule has 0 spiro atoms. The first kappa shape index (κ1) is 7.81. The van der Waals surface area contributed by atoms with E-state index in [0.29, 0.717) is 0 Å². The van der Waals surface area contributed by atoms with Crippen molar-refractivity contribution in [2.24, 2.45) is 0 Å². The summed E-state index contributed by atoms with van der Waals surface area (Å²) in [6.45, 7) is 3.88. The van der Waals surface area contributed by atoms with Crippen molar-refractivity contribution in [1.29, 1.82) is 0 Å². The predicted molar refractivity (Wildman–Crippen MR) is 61.4 cm³/mol. The highest BCUT2D eigenvalue weighted by Gasteiger charge is 2.17. The van der Waals surface area contributed by atoms with Crippen LogP contribution in [0, 0.1) is 0 Å². The number of fused-ring (bicyclic) bond motifs is 3. The van der Waals surface area contributed by atoms with Gasteiger partial charge in [0, 0.05) is 0 Å². The molecule has 0 aromatic heterocycles. The summed E-state index contributed by atoms with van der Waals surface area (Å²) in [5.41, 5.74) is 4.34. The zero-order chi connectivity index (χ0) is 9.54. The Balaban J connectivity index is 2.49. The predicted octanol–water partition coefficient (Wildman–Crippen LogP) is 3.58. The van der Waals surface area contributed by atoms with Crippen LogP contribution in [0.25, 0.3) is 16.8 Å². The number of rotatable bonds is 1. The van der Waals surface area contributed by atoms with Gasteiger partial charge in [0.1, 0.15) is 0 Å². The van der Waals surface area contributed by atoms with Crippen LogP contribution in [0.4, 0.5) is 0 Å². The summed E-state index contributed by atoms with van der Waals surface area (Å²) in [4.78, 5) is 0. The van der Waals surface area contributed by atoms with Crippen molar-refractivity contribution in [3.8, 4) is 0 Å². The minimum atomic E-state index is 1.24. The summed E-state index contributed by atoms with van der Waals surface area (Å²) >= 11 is 0. The van der Waals surface area contributed by atoms with Crippen LogP contribution in [0.15, 0.2) is 36.9 Å². The fourth-order valence-electron chi connectivity index (χ4n) is 2.29. The average molecular weight is 180 g/mol. The Morgan fingerprint density at radius 1 is 1.07 bits per heavy atom. The standard InChI is InChI=1S/C14H12/c1-2-10-9-11-7-8-13(11)14-6-4-3-5-12(10)14/h2-6,9H,1,7-8H2. The van der Waals surface area contributed by atoms with Crippen LogP contribution >= 0.6 is 0 Å². The molecule has 0 atom stereocenters. The van der Waals surface area contributed by atoms with Crippen LogP contribution in [0.5, 0.6) is 0 Å². The van der Waals surface area contributed by atoms with Crippen LogP contribution < -0.4 is 0 Å². The molecular weight excluding hydrogens is 168 g/mol. The highest BCUT2D eigenvalue weighted by molar-refractivity contribution is 5.94. The van der Waals surface area contributed by atoms with E-state index in [1.807, 2.05) is 6.08 Å². The van der Waals surface area contributed by atoms with Gasteiger partial charge in [0.05, 0.1) is 0 Å². The molecule has 0 heteroatoms. The van der Waals surface area contributed by atoms with Gasteiger partial charge in [-0.3, -0.25) is 0 Å². The van der Waals surface area contributed by atoms with E-state index in [4.69, 9.17) is 0 Å². The third kappa shape index (κ3) is 0.884. The maximum atomic E-state index is 3.88. The van der Waals surface area contributed by atoms with Crippen molar-refractivity contribution in [2.75, 3.05) is 0 Å². The summed E-state index contributed by atoms with van der Waals surface area (Å²) in [5, 5.41) is 2.77. The fraction of sp³-hybridized carbons (Fsp3) is 0.143. The molecule has 1 aliphatic carbocycles. The van der Waals surface area contributed by atoms with Crippen molar-refractivity contribution in [2.45, 2.75) is 12.8 Å². The highest BCUT2D eigenvalue weighted by atomic mass is 14.2. The zero-order valence-corrected chi connectivity index (χ0v) is 8.09. The first-order valence-corrected chi connectivity index (χ1v) is 5.06. The summed E-state index contributed by atoms with van der Waals surface area (Å²) < 4.78 is 0. The molecule has 0 saturated heterocycles. The van der Waals surface area contributed by atoms with Gasteiger partial charge in [-0.15, -0.1) is 0 Å². The van der Waals surface area contributed by atoms with Gasteiger partial charge >= 0.3 is 0 Å². The number of hydrogen-bond acceptors (Lipinski definition) is 0. The molecule has 0 radical (unpaired) electrons. The molecule has 0 saturated carbocycles. The minimum absolute atomic E-state index is 1.24. The molecule has 2 aromatic rings. The molecule has 0 unspecified atom stereocenters. The second-order valence-corrected chi connectivity index (χ2v) is 3.85. The van der Waals surface area contributed by atoms with Gasteiger partial charge in [-0.1, -0.05) is 43.0 Å². The Kier molecular flexibility index (Phi) is 1.51. The third-order valence-corrected chi connectivity index (χ3v) is 3.14. The lowest BCUT2D eigenvalue weighted by Crippen LogP contribution is -2.09. The quantitative estimate of drug-likeness (QED) is 0.629. The van der Waals surface area contributed by atoms with Crippen molar-refractivity contribution < 1.29 is 0 Å². The maximum Gasteiger partial charge on any atom is -0.0109 e. The van der Waals surface area contributed by atoms with Crippen molar-refractivity contribution in [3.05, 3.63) is 53.6 Å². The van der Waals surface area contributed by atoms with Gasteiger partial charge < -0.3 is 0 Å². The van der Waals surface area contributed by atoms with E-state index in [9.17, 15) is 0 Å². The van der Waals surface area contributed by atoms with Gasteiger partial charge in [-0.05, 0) is 40.3 Å². The molecule has 0 aliphatic heterocycles. The molecule has 0 amide bonds. The summed E-state index contributed by atoms with van der Waals surface area (Å²) in [6, 6.07) is 10.9. The molecule has 0 bridgehead atoms. The smallest absolute Gasteiger partial charge is 0.0109 e. The monoisotopic (exact) mass is 180 g/mol. The summed E-state index contributed by atoms with van der Waals surface area (Å²) in [5.74, 6) is 0. The van der Waals surface area contributed by atoms with E-state index in [-0.39, 0.29) is 0 Å². The van der Waals surface area contributed by atoms with Gasteiger partial charge in [0.2, 0.25) is 0 Å². The molecule has 0 fully saturated rings. The lowest BCUT2D eigenvalue weighted by Gasteiger charge is -2.22.